The van der Waals surface area contributed by atoms with Crippen LogP contribution in [0.4, 0.5) is 10.5 Å². The number of fused-ring (bicyclic) bond motifs is 1. The highest BCUT2D eigenvalue weighted by molar-refractivity contribution is 5.89. The third-order valence-electron chi connectivity index (χ3n) is 3.76. The van der Waals surface area contributed by atoms with E-state index in [1.54, 1.807) is 24.3 Å². The maximum atomic E-state index is 12.1. The number of nitriles is 1. The number of rotatable bonds is 2. The van der Waals surface area contributed by atoms with Crippen LogP contribution in [0.5, 0.6) is 0 Å². The Morgan fingerprint density at radius 2 is 1.91 bits per heavy atom. The number of nitrogens with one attached hydrogen (secondary N) is 2. The number of aliphatic hydroxyl groups excluding tert-OH is 1. The van der Waals surface area contributed by atoms with Crippen LogP contribution in [0, 0.1) is 11.3 Å². The van der Waals surface area contributed by atoms with Crippen molar-refractivity contribution in [3.05, 3.63) is 65.2 Å². The van der Waals surface area contributed by atoms with Crippen molar-refractivity contribution in [2.75, 3.05) is 5.32 Å². The molecule has 5 nitrogen and oxygen atoms in total. The van der Waals surface area contributed by atoms with Gasteiger partial charge in [0.2, 0.25) is 0 Å². The highest BCUT2D eigenvalue weighted by Gasteiger charge is 2.31. The van der Waals surface area contributed by atoms with Gasteiger partial charge in [-0.15, -0.1) is 0 Å². The highest BCUT2D eigenvalue weighted by Crippen LogP contribution is 2.31. The molecular weight excluding hydrogens is 278 g/mol. The highest BCUT2D eigenvalue weighted by atomic mass is 16.3. The predicted molar refractivity (Wildman–Crippen MR) is 82.2 cm³/mol. The maximum Gasteiger partial charge on any atom is 0.319 e. The van der Waals surface area contributed by atoms with E-state index in [2.05, 4.69) is 10.6 Å². The van der Waals surface area contributed by atoms with Crippen LogP contribution in [0.15, 0.2) is 48.5 Å². The summed E-state index contributed by atoms with van der Waals surface area (Å²) >= 11 is 0. The van der Waals surface area contributed by atoms with Crippen LogP contribution in [0.25, 0.3) is 0 Å². The van der Waals surface area contributed by atoms with Gasteiger partial charge in [0.05, 0.1) is 23.8 Å². The van der Waals surface area contributed by atoms with Gasteiger partial charge in [-0.3, -0.25) is 0 Å². The molecule has 2 atom stereocenters. The second kappa shape index (κ2) is 5.88. The Kier molecular flexibility index (Phi) is 3.77. The minimum absolute atomic E-state index is 0.384. The minimum Gasteiger partial charge on any atom is -0.390 e. The lowest BCUT2D eigenvalue weighted by Crippen LogP contribution is -2.36. The number of urea groups is 1. The van der Waals surface area contributed by atoms with E-state index in [1.807, 2.05) is 30.3 Å². The molecule has 0 unspecified atom stereocenters. The first kappa shape index (κ1) is 14.1. The van der Waals surface area contributed by atoms with Crippen LogP contribution < -0.4 is 10.6 Å². The molecule has 0 saturated carbocycles. The lowest BCUT2D eigenvalue weighted by Gasteiger charge is -2.18. The van der Waals surface area contributed by atoms with Crippen LogP contribution in [-0.2, 0) is 6.42 Å². The first-order valence-corrected chi connectivity index (χ1v) is 7.01. The Morgan fingerprint density at radius 3 is 2.64 bits per heavy atom. The van der Waals surface area contributed by atoms with E-state index in [1.165, 1.54) is 0 Å². The molecule has 2 amide bonds. The van der Waals surface area contributed by atoms with Gasteiger partial charge in [-0.1, -0.05) is 24.3 Å². The fraction of sp³-hybridized carbons (Fsp3) is 0.176. The average molecular weight is 293 g/mol. The van der Waals surface area contributed by atoms with E-state index in [-0.39, 0.29) is 6.03 Å². The summed E-state index contributed by atoms with van der Waals surface area (Å²) in [6.45, 7) is 0. The number of aliphatic hydroxyl groups is 1. The molecule has 0 heterocycles. The molecule has 0 aliphatic heterocycles. The normalized spacial score (nSPS) is 19.1. The monoisotopic (exact) mass is 293 g/mol. The number of hydrogen-bond donors (Lipinski definition) is 3. The molecule has 110 valence electrons. The topological polar surface area (TPSA) is 85.2 Å². The van der Waals surface area contributed by atoms with E-state index in [0.717, 1.165) is 11.1 Å². The molecule has 2 aromatic rings. The van der Waals surface area contributed by atoms with Crippen LogP contribution >= 0.6 is 0 Å². The number of carbonyl (C=O) groups excluding carboxylic acids is 1. The predicted octanol–water partition coefficient (Wildman–Crippen LogP) is 2.34. The van der Waals surface area contributed by atoms with Gasteiger partial charge in [0.25, 0.3) is 0 Å². The molecule has 0 fully saturated rings. The summed E-state index contributed by atoms with van der Waals surface area (Å²) in [5.41, 5.74) is 3.13. The maximum absolute atomic E-state index is 12.1. The minimum atomic E-state index is -0.621. The molecule has 0 aromatic heterocycles. The Balaban J connectivity index is 1.68. The fourth-order valence-corrected chi connectivity index (χ4v) is 2.68. The third-order valence-corrected chi connectivity index (χ3v) is 3.76. The van der Waals surface area contributed by atoms with Gasteiger partial charge in [0, 0.05) is 12.1 Å². The number of amides is 2. The summed E-state index contributed by atoms with van der Waals surface area (Å²) in [5, 5.41) is 24.4. The second-order valence-corrected chi connectivity index (χ2v) is 5.24. The van der Waals surface area contributed by atoms with Crippen molar-refractivity contribution in [2.24, 2.45) is 0 Å². The van der Waals surface area contributed by atoms with Crippen LogP contribution in [-0.4, -0.2) is 17.2 Å². The van der Waals surface area contributed by atoms with Crippen LogP contribution in [0.3, 0.4) is 0 Å². The van der Waals surface area contributed by atoms with E-state index in [0.29, 0.717) is 17.7 Å². The first-order chi connectivity index (χ1) is 10.7. The van der Waals surface area contributed by atoms with Crippen molar-refractivity contribution in [3.63, 3.8) is 0 Å². The molecule has 0 spiro atoms. The van der Waals surface area contributed by atoms with Gasteiger partial charge in [-0.2, -0.15) is 5.26 Å². The molecule has 1 aliphatic carbocycles. The summed E-state index contributed by atoms with van der Waals surface area (Å²) in [6.07, 6.45) is -0.0815. The smallest absolute Gasteiger partial charge is 0.319 e. The summed E-state index contributed by atoms with van der Waals surface area (Å²) in [5.74, 6) is 0. The summed E-state index contributed by atoms with van der Waals surface area (Å²) in [7, 11) is 0. The Hall–Kier alpha value is -2.84. The molecule has 0 saturated heterocycles. The van der Waals surface area contributed by atoms with E-state index in [4.69, 9.17) is 5.26 Å². The van der Waals surface area contributed by atoms with E-state index < -0.39 is 12.1 Å². The number of hydrogen-bond acceptors (Lipinski definition) is 3. The molecule has 0 bridgehead atoms. The molecule has 22 heavy (non-hydrogen) atoms. The number of carbonyl (C=O) groups is 1. The Labute approximate surface area is 128 Å². The largest absolute Gasteiger partial charge is 0.390 e. The molecule has 3 N–H and O–H groups in total. The van der Waals surface area contributed by atoms with E-state index >= 15 is 0 Å². The lowest BCUT2D eigenvalue weighted by molar-refractivity contribution is 0.144. The fourth-order valence-electron chi connectivity index (χ4n) is 2.68. The van der Waals surface area contributed by atoms with Crippen LogP contribution in [0.2, 0.25) is 0 Å². The second-order valence-electron chi connectivity index (χ2n) is 5.24. The quantitative estimate of drug-likeness (QED) is 0.794. The molecule has 0 radical (unpaired) electrons. The number of benzene rings is 2. The van der Waals surface area contributed by atoms with Crippen molar-refractivity contribution in [1.82, 2.24) is 5.32 Å². The lowest BCUT2D eigenvalue weighted by atomic mass is 10.1. The van der Waals surface area contributed by atoms with Gasteiger partial charge in [0.1, 0.15) is 0 Å². The summed E-state index contributed by atoms with van der Waals surface area (Å²) < 4.78 is 0. The summed E-state index contributed by atoms with van der Waals surface area (Å²) in [4.78, 5) is 12.1. The van der Waals surface area contributed by atoms with Crippen molar-refractivity contribution in [1.29, 1.82) is 5.26 Å². The molecule has 1 aliphatic rings. The third kappa shape index (κ3) is 2.78. The van der Waals surface area contributed by atoms with Gasteiger partial charge in [0.15, 0.2) is 0 Å². The van der Waals surface area contributed by atoms with Crippen molar-refractivity contribution in [3.8, 4) is 6.07 Å². The molecular formula is C17H15N3O2. The van der Waals surface area contributed by atoms with Crippen LogP contribution in [0.1, 0.15) is 22.7 Å². The average Bonchev–Trinajstić information content (AvgIpc) is 2.84. The van der Waals surface area contributed by atoms with E-state index in [9.17, 15) is 9.90 Å². The van der Waals surface area contributed by atoms with Gasteiger partial charge < -0.3 is 15.7 Å². The number of anilines is 1. The summed E-state index contributed by atoms with van der Waals surface area (Å²) in [6, 6.07) is 15.5. The van der Waals surface area contributed by atoms with Gasteiger partial charge in [-0.25, -0.2) is 4.79 Å². The zero-order valence-electron chi connectivity index (χ0n) is 11.8. The number of nitrogens with zero attached hydrogens (tertiary/aromatic N) is 1. The SMILES string of the molecule is N#Cc1ccc(NC(=O)N[C@H]2c3ccccc3C[C@H]2O)cc1. The molecule has 5 heteroatoms. The zero-order valence-corrected chi connectivity index (χ0v) is 11.8. The van der Waals surface area contributed by atoms with Crippen molar-refractivity contribution < 1.29 is 9.90 Å². The van der Waals surface area contributed by atoms with Crippen molar-refractivity contribution in [2.45, 2.75) is 18.6 Å². The standard InChI is InChI=1S/C17H15N3O2/c18-10-11-5-7-13(8-6-11)19-17(22)20-16-14-4-2-1-3-12(14)9-15(16)21/h1-8,15-16,21H,9H2,(H2,19,20,22)/t15-,16+/m1/s1. The van der Waals surface area contributed by atoms with Gasteiger partial charge >= 0.3 is 6.03 Å². The molecule has 2 aromatic carbocycles. The Bertz CT molecular complexity index is 734. The Morgan fingerprint density at radius 1 is 1.18 bits per heavy atom. The molecule has 3 rings (SSSR count). The first-order valence-electron chi connectivity index (χ1n) is 7.01. The van der Waals surface area contributed by atoms with Crippen molar-refractivity contribution >= 4 is 11.7 Å². The van der Waals surface area contributed by atoms with Gasteiger partial charge in [-0.05, 0) is 35.4 Å². The zero-order chi connectivity index (χ0) is 15.5.